The quantitative estimate of drug-likeness (QED) is 0.424. The van der Waals surface area contributed by atoms with E-state index < -0.39 is 0 Å². The Balaban J connectivity index is 1.39. The van der Waals surface area contributed by atoms with Gasteiger partial charge in [0.15, 0.2) is 5.13 Å². The zero-order chi connectivity index (χ0) is 24.5. The number of hydrogen-bond donors (Lipinski definition) is 2. The first-order chi connectivity index (χ1) is 16.0. The van der Waals surface area contributed by atoms with Gasteiger partial charge in [0.2, 0.25) is 0 Å². The average Bonchev–Trinajstić information content (AvgIpc) is 3.39. The molecule has 34 heavy (non-hydrogen) atoms. The van der Waals surface area contributed by atoms with Crippen molar-refractivity contribution in [2.75, 3.05) is 11.9 Å². The Morgan fingerprint density at radius 3 is 2.65 bits per heavy atom. The fraction of sp³-hybridized carbons (Fsp3) is 0.423. The van der Waals surface area contributed by atoms with E-state index >= 15 is 0 Å². The molecule has 1 aromatic carbocycles. The zero-order valence-corrected chi connectivity index (χ0v) is 22.0. The summed E-state index contributed by atoms with van der Waals surface area (Å²) in [5.74, 6) is 0.289. The summed E-state index contributed by atoms with van der Waals surface area (Å²) in [5, 5.41) is 8.73. The van der Waals surface area contributed by atoms with Crippen LogP contribution < -0.4 is 10.6 Å². The summed E-state index contributed by atoms with van der Waals surface area (Å²) in [6.45, 7) is 8.95. The van der Waals surface area contributed by atoms with E-state index in [1.54, 1.807) is 12.3 Å². The number of thiazole rings is 1. The van der Waals surface area contributed by atoms with E-state index in [9.17, 15) is 4.79 Å². The number of benzene rings is 1. The summed E-state index contributed by atoms with van der Waals surface area (Å²) in [6, 6.07) is 10.4. The number of anilines is 1. The number of thiocarbonyl (C=S) groups is 1. The van der Waals surface area contributed by atoms with Crippen LogP contribution in [0.5, 0.6) is 0 Å². The van der Waals surface area contributed by atoms with Gasteiger partial charge in [-0.05, 0) is 64.2 Å². The molecule has 1 saturated heterocycles. The number of aromatic nitrogens is 2. The Morgan fingerprint density at radius 2 is 1.97 bits per heavy atom. The number of rotatable bonds is 6. The molecule has 2 N–H and O–H groups in total. The molecular weight excluding hydrogens is 464 g/mol. The summed E-state index contributed by atoms with van der Waals surface area (Å²) in [5.41, 5.74) is 3.64. The minimum Gasteiger partial charge on any atom is -0.370 e. The van der Waals surface area contributed by atoms with Gasteiger partial charge in [-0.1, -0.05) is 30.4 Å². The Morgan fingerprint density at radius 1 is 1.24 bits per heavy atom. The molecule has 0 spiro atoms. The van der Waals surface area contributed by atoms with Crippen molar-refractivity contribution in [1.82, 2.24) is 14.9 Å². The van der Waals surface area contributed by atoms with Crippen LogP contribution in [-0.4, -0.2) is 38.2 Å². The standard InChI is InChI=1S/C26H32N4O2S2/c1-25(2)12-20(13-26(3,4)32-25)17-7-6-8-18(11-17)21-16-34-24(28-21)29-22(33)14-27-23(31)19-9-10-30(5)15-19/h6-11,15-16,20H,12-14H2,1-5H3,(H,27,31)(H,28,29,33). The molecule has 3 aromatic rings. The van der Waals surface area contributed by atoms with Gasteiger partial charge in [0.25, 0.3) is 5.91 Å². The van der Waals surface area contributed by atoms with Crippen LogP contribution in [0.1, 0.15) is 62.4 Å². The first-order valence-electron chi connectivity index (χ1n) is 11.5. The molecule has 1 aliphatic heterocycles. The minimum atomic E-state index is -0.152. The molecule has 2 aromatic heterocycles. The normalized spacial score (nSPS) is 17.3. The van der Waals surface area contributed by atoms with Crippen LogP contribution in [0.15, 0.2) is 48.1 Å². The zero-order valence-electron chi connectivity index (χ0n) is 20.3. The molecule has 180 valence electrons. The van der Waals surface area contributed by atoms with Crippen molar-refractivity contribution in [3.05, 3.63) is 59.2 Å². The predicted molar refractivity (Wildman–Crippen MR) is 143 cm³/mol. The molecule has 0 atom stereocenters. The maximum atomic E-state index is 12.2. The van der Waals surface area contributed by atoms with Crippen molar-refractivity contribution in [3.63, 3.8) is 0 Å². The molecule has 4 rings (SSSR count). The number of carbonyl (C=O) groups excluding carboxylic acids is 1. The summed E-state index contributed by atoms with van der Waals surface area (Å²) < 4.78 is 8.11. The first kappa shape index (κ1) is 24.6. The molecule has 6 nitrogen and oxygen atoms in total. The molecule has 1 fully saturated rings. The van der Waals surface area contributed by atoms with Crippen LogP contribution in [0.4, 0.5) is 5.13 Å². The van der Waals surface area contributed by atoms with Gasteiger partial charge >= 0.3 is 0 Å². The second kappa shape index (κ2) is 9.60. The molecule has 1 amide bonds. The van der Waals surface area contributed by atoms with Gasteiger partial charge in [-0.2, -0.15) is 0 Å². The lowest BCUT2D eigenvalue weighted by molar-refractivity contribution is -0.161. The summed E-state index contributed by atoms with van der Waals surface area (Å²) >= 11 is 6.91. The van der Waals surface area contributed by atoms with E-state index in [2.05, 4.69) is 62.6 Å². The van der Waals surface area contributed by atoms with Crippen LogP contribution in [-0.2, 0) is 11.8 Å². The van der Waals surface area contributed by atoms with Crippen LogP contribution in [0.3, 0.4) is 0 Å². The summed E-state index contributed by atoms with van der Waals surface area (Å²) in [4.78, 5) is 17.5. The second-order valence-electron chi connectivity index (χ2n) is 10.2. The molecule has 1 aliphatic rings. The van der Waals surface area contributed by atoms with E-state index in [4.69, 9.17) is 21.9 Å². The molecule has 0 saturated carbocycles. The van der Waals surface area contributed by atoms with Crippen LogP contribution in [0.25, 0.3) is 11.3 Å². The molecule has 8 heteroatoms. The number of carbonyl (C=O) groups is 1. The lowest BCUT2D eigenvalue weighted by Crippen LogP contribution is -2.44. The Bertz CT molecular complexity index is 1180. The van der Waals surface area contributed by atoms with Crippen LogP contribution in [0.2, 0.25) is 0 Å². The number of amides is 1. The largest absolute Gasteiger partial charge is 0.370 e. The summed E-state index contributed by atoms with van der Waals surface area (Å²) in [6.07, 6.45) is 5.59. The van der Waals surface area contributed by atoms with E-state index in [0.717, 1.165) is 24.1 Å². The number of hydrogen-bond acceptors (Lipinski definition) is 5. The van der Waals surface area contributed by atoms with Crippen molar-refractivity contribution < 1.29 is 9.53 Å². The van der Waals surface area contributed by atoms with Crippen molar-refractivity contribution in [1.29, 1.82) is 0 Å². The van der Waals surface area contributed by atoms with Gasteiger partial charge in [0.1, 0.15) is 4.99 Å². The fourth-order valence-corrected chi connectivity index (χ4v) is 5.78. The van der Waals surface area contributed by atoms with Gasteiger partial charge in [0, 0.05) is 30.4 Å². The van der Waals surface area contributed by atoms with Gasteiger partial charge in [-0.15, -0.1) is 11.3 Å². The first-order valence-corrected chi connectivity index (χ1v) is 12.7. The molecule has 0 radical (unpaired) electrons. The van der Waals surface area contributed by atoms with E-state index in [1.165, 1.54) is 16.9 Å². The van der Waals surface area contributed by atoms with Crippen molar-refractivity contribution in [2.45, 2.75) is 57.7 Å². The highest BCUT2D eigenvalue weighted by atomic mass is 32.1. The third kappa shape index (κ3) is 6.11. The van der Waals surface area contributed by atoms with Crippen LogP contribution in [0, 0.1) is 0 Å². The third-order valence-corrected chi connectivity index (χ3v) is 6.94. The highest BCUT2D eigenvalue weighted by molar-refractivity contribution is 7.80. The Hall–Kier alpha value is -2.55. The van der Waals surface area contributed by atoms with Gasteiger partial charge in [-0.25, -0.2) is 4.98 Å². The SMILES string of the molecule is Cn1ccc(C(=O)NCC(=S)Nc2nc(-c3cccc(C4CC(C)(C)OC(C)(C)C4)c3)cs2)c1. The number of ether oxygens (including phenoxy) is 1. The van der Waals surface area contributed by atoms with Gasteiger partial charge < -0.3 is 19.9 Å². The molecule has 0 aliphatic carbocycles. The fourth-order valence-electron chi connectivity index (χ4n) is 4.81. The topological polar surface area (TPSA) is 68.2 Å². The number of aryl methyl sites for hydroxylation is 1. The van der Waals surface area contributed by atoms with Crippen molar-refractivity contribution >= 4 is 39.6 Å². The Labute approximate surface area is 210 Å². The molecule has 3 heterocycles. The number of nitrogens with one attached hydrogen (secondary N) is 2. The predicted octanol–water partition coefficient (Wildman–Crippen LogP) is 5.77. The second-order valence-corrected chi connectivity index (χ2v) is 11.5. The Kier molecular flexibility index (Phi) is 6.94. The van der Waals surface area contributed by atoms with Crippen molar-refractivity contribution in [3.8, 4) is 11.3 Å². The lowest BCUT2D eigenvalue weighted by Gasteiger charge is -2.45. The minimum absolute atomic E-state index is 0.147. The molecule has 0 unspecified atom stereocenters. The highest BCUT2D eigenvalue weighted by Crippen LogP contribution is 2.44. The highest BCUT2D eigenvalue weighted by Gasteiger charge is 2.39. The van der Waals surface area contributed by atoms with Gasteiger partial charge in [-0.3, -0.25) is 4.79 Å². The van der Waals surface area contributed by atoms with E-state index in [0.29, 0.717) is 21.6 Å². The van der Waals surface area contributed by atoms with Crippen molar-refractivity contribution in [2.24, 2.45) is 7.05 Å². The maximum absolute atomic E-state index is 12.2. The van der Waals surface area contributed by atoms with E-state index in [-0.39, 0.29) is 23.7 Å². The smallest absolute Gasteiger partial charge is 0.253 e. The monoisotopic (exact) mass is 496 g/mol. The van der Waals surface area contributed by atoms with Gasteiger partial charge in [0.05, 0.1) is 29.0 Å². The number of nitrogens with zero attached hydrogens (tertiary/aromatic N) is 2. The third-order valence-electron chi connectivity index (χ3n) is 5.94. The maximum Gasteiger partial charge on any atom is 0.253 e. The summed E-state index contributed by atoms with van der Waals surface area (Å²) in [7, 11) is 1.88. The average molecular weight is 497 g/mol. The van der Waals surface area contributed by atoms with E-state index in [1.807, 2.05) is 23.2 Å². The molecular formula is C26H32N4O2S2. The lowest BCUT2D eigenvalue weighted by atomic mass is 9.77. The molecule has 0 bridgehead atoms. The van der Waals surface area contributed by atoms with Crippen LogP contribution >= 0.6 is 23.6 Å².